The molecule has 1 aromatic heterocycles. The Bertz CT molecular complexity index is 602. The van der Waals surface area contributed by atoms with Crippen LogP contribution >= 0.6 is 15.9 Å². The third-order valence-corrected chi connectivity index (χ3v) is 5.45. The molecule has 0 spiro atoms. The average molecular weight is 348 g/mol. The van der Waals surface area contributed by atoms with Crippen LogP contribution in [0.25, 0.3) is 0 Å². The Morgan fingerprint density at radius 1 is 1.33 bits per heavy atom. The molecule has 4 heteroatoms. The number of likely N-dealkylation sites (N-methyl/N-ethyl adjacent to an activating group) is 1. The number of aromatic nitrogens is 2. The molecule has 21 heavy (non-hydrogen) atoms. The van der Waals surface area contributed by atoms with Crippen LogP contribution in [0, 0.1) is 0 Å². The minimum atomic E-state index is 0.186. The van der Waals surface area contributed by atoms with Crippen molar-refractivity contribution in [3.63, 3.8) is 0 Å². The SMILES string of the molecule is CCn1ncc(Br)c1C(NC)C1(c2ccccc2)CCC1. The van der Waals surface area contributed by atoms with E-state index in [0.29, 0.717) is 0 Å². The van der Waals surface area contributed by atoms with Crippen molar-refractivity contribution in [1.29, 1.82) is 0 Å². The summed E-state index contributed by atoms with van der Waals surface area (Å²) in [5.74, 6) is 0. The Labute approximate surface area is 134 Å². The zero-order valence-corrected chi connectivity index (χ0v) is 14.2. The van der Waals surface area contributed by atoms with Crippen molar-refractivity contribution in [2.45, 2.75) is 44.2 Å². The van der Waals surface area contributed by atoms with Crippen LogP contribution in [0.4, 0.5) is 0 Å². The molecule has 0 bridgehead atoms. The average Bonchev–Trinajstić information content (AvgIpc) is 2.84. The lowest BCUT2D eigenvalue weighted by Gasteiger charge is -2.48. The van der Waals surface area contributed by atoms with Crippen LogP contribution in [0.5, 0.6) is 0 Å². The highest BCUT2D eigenvalue weighted by Gasteiger charge is 2.47. The van der Waals surface area contributed by atoms with Crippen LogP contribution in [0.3, 0.4) is 0 Å². The summed E-state index contributed by atoms with van der Waals surface area (Å²) in [6.07, 6.45) is 5.67. The summed E-state index contributed by atoms with van der Waals surface area (Å²) >= 11 is 3.69. The number of benzene rings is 1. The number of rotatable bonds is 5. The minimum Gasteiger partial charge on any atom is -0.311 e. The van der Waals surface area contributed by atoms with Gasteiger partial charge in [0.05, 0.1) is 22.4 Å². The monoisotopic (exact) mass is 347 g/mol. The molecule has 0 saturated heterocycles. The van der Waals surface area contributed by atoms with Gasteiger partial charge < -0.3 is 5.32 Å². The lowest BCUT2D eigenvalue weighted by Crippen LogP contribution is -2.46. The van der Waals surface area contributed by atoms with Crippen LogP contribution in [-0.2, 0) is 12.0 Å². The molecule has 1 N–H and O–H groups in total. The van der Waals surface area contributed by atoms with Crippen molar-refractivity contribution < 1.29 is 0 Å². The maximum atomic E-state index is 4.50. The zero-order chi connectivity index (χ0) is 14.9. The molecule has 1 unspecified atom stereocenters. The summed E-state index contributed by atoms with van der Waals surface area (Å²) in [5.41, 5.74) is 2.89. The topological polar surface area (TPSA) is 29.9 Å². The molecule has 2 aromatic rings. The molecule has 0 amide bonds. The van der Waals surface area contributed by atoms with Crippen molar-refractivity contribution in [3.8, 4) is 0 Å². The van der Waals surface area contributed by atoms with Crippen molar-refractivity contribution >= 4 is 15.9 Å². The van der Waals surface area contributed by atoms with E-state index < -0.39 is 0 Å². The fourth-order valence-corrected chi connectivity index (χ4v) is 4.18. The van der Waals surface area contributed by atoms with Gasteiger partial charge in [-0.2, -0.15) is 5.10 Å². The number of aryl methyl sites for hydroxylation is 1. The van der Waals surface area contributed by atoms with E-state index in [4.69, 9.17) is 0 Å². The molecule has 1 atom stereocenters. The van der Waals surface area contributed by atoms with Crippen LogP contribution in [0.2, 0.25) is 0 Å². The standard InChI is InChI=1S/C17H22BrN3/c1-3-21-15(14(18)12-20-21)16(19-2)17(10-7-11-17)13-8-5-4-6-9-13/h4-6,8-9,12,16,19H,3,7,10-11H2,1-2H3. The predicted octanol–water partition coefficient (Wildman–Crippen LogP) is 4.05. The molecule has 1 fully saturated rings. The van der Waals surface area contributed by atoms with Crippen molar-refractivity contribution in [2.75, 3.05) is 7.05 Å². The summed E-state index contributed by atoms with van der Waals surface area (Å²) in [4.78, 5) is 0. The highest BCUT2D eigenvalue weighted by molar-refractivity contribution is 9.10. The lowest BCUT2D eigenvalue weighted by atomic mass is 9.59. The molecule has 0 radical (unpaired) electrons. The molecule has 1 aliphatic rings. The van der Waals surface area contributed by atoms with E-state index in [1.54, 1.807) is 0 Å². The summed E-state index contributed by atoms with van der Waals surface area (Å²) in [5, 5.41) is 8.07. The second-order valence-electron chi connectivity index (χ2n) is 5.79. The maximum absolute atomic E-state index is 4.50. The van der Waals surface area contributed by atoms with Gasteiger partial charge in [0, 0.05) is 12.0 Å². The lowest BCUT2D eigenvalue weighted by molar-refractivity contribution is 0.168. The second kappa shape index (κ2) is 5.93. The van der Waals surface area contributed by atoms with Crippen LogP contribution in [0.1, 0.15) is 43.5 Å². The minimum absolute atomic E-state index is 0.186. The summed E-state index contributed by atoms with van der Waals surface area (Å²) in [7, 11) is 2.06. The van der Waals surface area contributed by atoms with Gasteiger partial charge in [-0.25, -0.2) is 0 Å². The third kappa shape index (κ3) is 2.34. The molecular formula is C17H22BrN3. The van der Waals surface area contributed by atoms with E-state index in [9.17, 15) is 0 Å². The molecule has 3 nitrogen and oxygen atoms in total. The van der Waals surface area contributed by atoms with E-state index in [0.717, 1.165) is 11.0 Å². The van der Waals surface area contributed by atoms with Crippen LogP contribution < -0.4 is 5.32 Å². The highest BCUT2D eigenvalue weighted by atomic mass is 79.9. The van der Waals surface area contributed by atoms with Crippen molar-refractivity contribution in [3.05, 3.63) is 52.3 Å². The fourth-order valence-electron chi connectivity index (χ4n) is 3.66. The van der Waals surface area contributed by atoms with E-state index in [2.05, 4.69) is 75.3 Å². The van der Waals surface area contributed by atoms with Gasteiger partial charge in [0.25, 0.3) is 0 Å². The first kappa shape index (κ1) is 14.8. The Morgan fingerprint density at radius 2 is 2.05 bits per heavy atom. The first-order valence-electron chi connectivity index (χ1n) is 7.67. The van der Waals surface area contributed by atoms with Crippen LogP contribution in [0.15, 0.2) is 41.0 Å². The first-order chi connectivity index (χ1) is 10.2. The number of halogens is 1. The largest absolute Gasteiger partial charge is 0.311 e. The van der Waals surface area contributed by atoms with Crippen molar-refractivity contribution in [1.82, 2.24) is 15.1 Å². The zero-order valence-electron chi connectivity index (χ0n) is 12.6. The number of nitrogens with zero attached hydrogens (tertiary/aromatic N) is 2. The molecule has 1 aromatic carbocycles. The normalized spacial score (nSPS) is 18.2. The summed E-state index contributed by atoms with van der Waals surface area (Å²) in [6.45, 7) is 3.04. The Balaban J connectivity index is 2.08. The van der Waals surface area contributed by atoms with Crippen LogP contribution in [-0.4, -0.2) is 16.8 Å². The van der Waals surface area contributed by atoms with Gasteiger partial charge in [-0.3, -0.25) is 4.68 Å². The second-order valence-corrected chi connectivity index (χ2v) is 6.65. The van der Waals surface area contributed by atoms with E-state index in [1.807, 2.05) is 6.20 Å². The van der Waals surface area contributed by atoms with Gasteiger partial charge >= 0.3 is 0 Å². The van der Waals surface area contributed by atoms with Gasteiger partial charge in [0.1, 0.15) is 0 Å². The maximum Gasteiger partial charge on any atom is 0.0704 e. The molecule has 1 heterocycles. The predicted molar refractivity (Wildman–Crippen MR) is 89.4 cm³/mol. The molecule has 0 aliphatic heterocycles. The van der Waals surface area contributed by atoms with Gasteiger partial charge in [-0.15, -0.1) is 0 Å². The number of hydrogen-bond donors (Lipinski definition) is 1. The van der Waals surface area contributed by atoms with E-state index in [1.165, 1.54) is 30.5 Å². The number of nitrogens with one attached hydrogen (secondary N) is 1. The first-order valence-corrected chi connectivity index (χ1v) is 8.46. The van der Waals surface area contributed by atoms with E-state index in [-0.39, 0.29) is 11.5 Å². The van der Waals surface area contributed by atoms with Gasteiger partial charge in [0.2, 0.25) is 0 Å². The highest BCUT2D eigenvalue weighted by Crippen LogP contribution is 2.52. The Hall–Kier alpha value is -1.13. The molecule has 112 valence electrons. The van der Waals surface area contributed by atoms with E-state index >= 15 is 0 Å². The fraction of sp³-hybridized carbons (Fsp3) is 0.471. The third-order valence-electron chi connectivity index (χ3n) is 4.84. The van der Waals surface area contributed by atoms with Gasteiger partial charge in [0.15, 0.2) is 0 Å². The molecule has 1 saturated carbocycles. The Morgan fingerprint density at radius 3 is 2.57 bits per heavy atom. The summed E-state index contributed by atoms with van der Waals surface area (Å²) < 4.78 is 3.21. The summed E-state index contributed by atoms with van der Waals surface area (Å²) in [6, 6.07) is 11.2. The van der Waals surface area contributed by atoms with Crippen molar-refractivity contribution in [2.24, 2.45) is 0 Å². The molecule has 3 rings (SSSR count). The molecule has 1 aliphatic carbocycles. The smallest absolute Gasteiger partial charge is 0.0704 e. The number of hydrogen-bond acceptors (Lipinski definition) is 2. The van der Waals surface area contributed by atoms with Gasteiger partial charge in [-0.05, 0) is 48.3 Å². The quantitative estimate of drug-likeness (QED) is 0.884. The van der Waals surface area contributed by atoms with Gasteiger partial charge in [-0.1, -0.05) is 36.8 Å². The molecular weight excluding hydrogens is 326 g/mol. The Kier molecular flexibility index (Phi) is 4.18.